The van der Waals surface area contributed by atoms with Gasteiger partial charge in [-0.05, 0) is 11.4 Å². The average Bonchev–Trinajstić information content (AvgIpc) is 2.98. The zero-order valence-corrected chi connectivity index (χ0v) is 11.2. The van der Waals surface area contributed by atoms with E-state index < -0.39 is 0 Å². The Morgan fingerprint density at radius 3 is 3.06 bits per heavy atom. The fraction of sp³-hybridized carbons (Fsp3) is 0.333. The van der Waals surface area contributed by atoms with Crippen molar-refractivity contribution in [2.75, 3.05) is 12.4 Å². The van der Waals surface area contributed by atoms with Gasteiger partial charge in [0.05, 0.1) is 5.69 Å². The smallest absolute Gasteiger partial charge is 0.136 e. The standard InChI is InChI=1S/C12H13N3S2/c1-13-12-9-6-16-7-10(9)14-11(15-12)5-8-3-2-4-17-8/h2-4H,5-7H2,1H3,(H,13,14,15). The Balaban J connectivity index is 1.95. The van der Waals surface area contributed by atoms with Gasteiger partial charge in [-0.15, -0.1) is 11.3 Å². The molecule has 0 atom stereocenters. The minimum atomic E-state index is 0.838. The summed E-state index contributed by atoms with van der Waals surface area (Å²) in [5, 5.41) is 5.28. The summed E-state index contributed by atoms with van der Waals surface area (Å²) in [6.45, 7) is 0. The monoisotopic (exact) mass is 263 g/mol. The van der Waals surface area contributed by atoms with Gasteiger partial charge in [0.25, 0.3) is 0 Å². The summed E-state index contributed by atoms with van der Waals surface area (Å²) in [7, 11) is 1.93. The Bertz CT molecular complexity index is 523. The lowest BCUT2D eigenvalue weighted by Gasteiger charge is -2.08. The van der Waals surface area contributed by atoms with Crippen LogP contribution in [0.2, 0.25) is 0 Å². The van der Waals surface area contributed by atoms with Gasteiger partial charge >= 0.3 is 0 Å². The molecule has 0 saturated carbocycles. The van der Waals surface area contributed by atoms with Gasteiger partial charge in [0, 0.05) is 35.4 Å². The minimum absolute atomic E-state index is 0.838. The highest BCUT2D eigenvalue weighted by molar-refractivity contribution is 7.98. The molecule has 0 saturated heterocycles. The van der Waals surface area contributed by atoms with E-state index in [0.29, 0.717) is 0 Å². The van der Waals surface area contributed by atoms with Gasteiger partial charge in [-0.2, -0.15) is 11.8 Å². The van der Waals surface area contributed by atoms with E-state index in [0.717, 1.165) is 29.6 Å². The van der Waals surface area contributed by atoms with Crippen molar-refractivity contribution in [2.45, 2.75) is 17.9 Å². The van der Waals surface area contributed by atoms with Crippen LogP contribution in [-0.4, -0.2) is 17.0 Å². The molecular formula is C12H13N3S2. The van der Waals surface area contributed by atoms with Gasteiger partial charge in [0.15, 0.2) is 0 Å². The Labute approximate surface area is 109 Å². The summed E-state index contributed by atoms with van der Waals surface area (Å²) in [6, 6.07) is 4.21. The predicted molar refractivity (Wildman–Crippen MR) is 73.7 cm³/mol. The Morgan fingerprint density at radius 1 is 1.35 bits per heavy atom. The summed E-state index contributed by atoms with van der Waals surface area (Å²) in [6.07, 6.45) is 0.838. The lowest BCUT2D eigenvalue weighted by molar-refractivity contribution is 0.938. The normalized spacial score (nSPS) is 13.7. The molecule has 17 heavy (non-hydrogen) atoms. The van der Waals surface area contributed by atoms with E-state index in [4.69, 9.17) is 0 Å². The molecule has 3 nitrogen and oxygen atoms in total. The Hall–Kier alpha value is -1.07. The maximum absolute atomic E-state index is 4.67. The molecule has 0 spiro atoms. The predicted octanol–water partition coefficient (Wildman–Crippen LogP) is 2.92. The molecule has 0 fully saturated rings. The number of rotatable bonds is 3. The summed E-state index contributed by atoms with van der Waals surface area (Å²) in [5.74, 6) is 3.99. The second kappa shape index (κ2) is 4.66. The van der Waals surface area contributed by atoms with Crippen LogP contribution in [-0.2, 0) is 17.9 Å². The molecule has 5 heteroatoms. The summed E-state index contributed by atoms with van der Waals surface area (Å²) in [5.41, 5.74) is 2.49. The maximum Gasteiger partial charge on any atom is 0.136 e. The lowest BCUT2D eigenvalue weighted by Crippen LogP contribution is -2.05. The zero-order chi connectivity index (χ0) is 11.7. The molecule has 3 heterocycles. The summed E-state index contributed by atoms with van der Waals surface area (Å²) in [4.78, 5) is 10.6. The third kappa shape index (κ3) is 2.17. The third-order valence-corrected chi connectivity index (χ3v) is 4.62. The van der Waals surface area contributed by atoms with Gasteiger partial charge in [-0.1, -0.05) is 6.07 Å². The highest BCUT2D eigenvalue weighted by Gasteiger charge is 2.19. The minimum Gasteiger partial charge on any atom is -0.373 e. The average molecular weight is 263 g/mol. The number of nitrogens with one attached hydrogen (secondary N) is 1. The van der Waals surface area contributed by atoms with Crippen LogP contribution in [0.4, 0.5) is 5.82 Å². The topological polar surface area (TPSA) is 37.8 Å². The Kier molecular flexibility index (Phi) is 3.03. The molecule has 0 radical (unpaired) electrons. The van der Waals surface area contributed by atoms with E-state index in [1.165, 1.54) is 16.1 Å². The van der Waals surface area contributed by atoms with Gasteiger partial charge in [0.1, 0.15) is 11.6 Å². The van der Waals surface area contributed by atoms with Crippen LogP contribution in [0.25, 0.3) is 0 Å². The van der Waals surface area contributed by atoms with Crippen molar-refractivity contribution < 1.29 is 0 Å². The molecule has 1 aliphatic heterocycles. The van der Waals surface area contributed by atoms with Crippen molar-refractivity contribution in [3.8, 4) is 0 Å². The van der Waals surface area contributed by atoms with Crippen molar-refractivity contribution in [3.05, 3.63) is 39.5 Å². The van der Waals surface area contributed by atoms with Crippen molar-refractivity contribution in [1.29, 1.82) is 0 Å². The van der Waals surface area contributed by atoms with E-state index in [1.54, 1.807) is 11.3 Å². The molecule has 88 valence electrons. The van der Waals surface area contributed by atoms with Crippen LogP contribution in [0.5, 0.6) is 0 Å². The molecule has 2 aromatic heterocycles. The lowest BCUT2D eigenvalue weighted by atomic mass is 10.2. The van der Waals surface area contributed by atoms with E-state index in [1.807, 2.05) is 18.8 Å². The number of hydrogen-bond acceptors (Lipinski definition) is 5. The van der Waals surface area contributed by atoms with Gasteiger partial charge < -0.3 is 5.32 Å². The summed E-state index contributed by atoms with van der Waals surface area (Å²) < 4.78 is 0. The fourth-order valence-electron chi connectivity index (χ4n) is 1.96. The molecule has 0 aliphatic carbocycles. The van der Waals surface area contributed by atoms with Crippen molar-refractivity contribution in [1.82, 2.24) is 9.97 Å². The first kappa shape index (κ1) is 11.0. The maximum atomic E-state index is 4.67. The second-order valence-corrected chi connectivity index (χ2v) is 5.93. The second-order valence-electron chi connectivity index (χ2n) is 3.91. The van der Waals surface area contributed by atoms with Crippen LogP contribution in [0, 0.1) is 0 Å². The molecule has 0 amide bonds. The van der Waals surface area contributed by atoms with Crippen LogP contribution >= 0.6 is 23.1 Å². The number of nitrogens with zero attached hydrogens (tertiary/aromatic N) is 2. The number of anilines is 1. The first-order chi connectivity index (χ1) is 8.36. The van der Waals surface area contributed by atoms with Crippen molar-refractivity contribution in [3.63, 3.8) is 0 Å². The molecule has 2 aromatic rings. The number of thioether (sulfide) groups is 1. The highest BCUT2D eigenvalue weighted by Crippen LogP contribution is 2.32. The first-order valence-electron chi connectivity index (χ1n) is 5.53. The third-order valence-electron chi connectivity index (χ3n) is 2.77. The van der Waals surface area contributed by atoms with Gasteiger partial charge in [0.2, 0.25) is 0 Å². The van der Waals surface area contributed by atoms with Crippen LogP contribution in [0.1, 0.15) is 22.0 Å². The zero-order valence-electron chi connectivity index (χ0n) is 9.56. The van der Waals surface area contributed by atoms with E-state index in [9.17, 15) is 0 Å². The Morgan fingerprint density at radius 2 is 2.29 bits per heavy atom. The molecule has 1 aliphatic rings. The highest BCUT2D eigenvalue weighted by atomic mass is 32.2. The number of fused-ring (bicyclic) bond motifs is 1. The molecule has 3 rings (SSSR count). The van der Waals surface area contributed by atoms with Crippen molar-refractivity contribution in [2.24, 2.45) is 0 Å². The quantitative estimate of drug-likeness (QED) is 0.924. The first-order valence-corrected chi connectivity index (χ1v) is 7.57. The summed E-state index contributed by atoms with van der Waals surface area (Å²) >= 11 is 3.67. The SMILES string of the molecule is CNc1nc(Cc2cccs2)nc2c1CSC2. The van der Waals surface area contributed by atoms with Crippen LogP contribution < -0.4 is 5.32 Å². The van der Waals surface area contributed by atoms with E-state index in [-0.39, 0.29) is 0 Å². The van der Waals surface area contributed by atoms with Gasteiger partial charge in [-0.3, -0.25) is 0 Å². The fourth-order valence-corrected chi connectivity index (χ4v) is 3.70. The number of thiophene rings is 1. The van der Waals surface area contributed by atoms with E-state index >= 15 is 0 Å². The van der Waals surface area contributed by atoms with Crippen LogP contribution in [0.3, 0.4) is 0 Å². The van der Waals surface area contributed by atoms with Gasteiger partial charge in [-0.25, -0.2) is 9.97 Å². The molecule has 0 unspecified atom stereocenters. The molecule has 0 aromatic carbocycles. The van der Waals surface area contributed by atoms with Crippen molar-refractivity contribution >= 4 is 28.9 Å². The number of aromatic nitrogens is 2. The molecular weight excluding hydrogens is 250 g/mol. The van der Waals surface area contributed by atoms with Crippen LogP contribution in [0.15, 0.2) is 17.5 Å². The molecule has 0 bridgehead atoms. The largest absolute Gasteiger partial charge is 0.373 e. The van der Waals surface area contributed by atoms with E-state index in [2.05, 4.69) is 32.8 Å². The molecule has 1 N–H and O–H groups in total. The number of hydrogen-bond donors (Lipinski definition) is 1.